The van der Waals surface area contributed by atoms with Crippen LogP contribution in [0.15, 0.2) is 30.7 Å². The number of hydrogen-bond acceptors (Lipinski definition) is 4. The zero-order chi connectivity index (χ0) is 13.4. The molecule has 0 aliphatic carbocycles. The molecule has 0 spiro atoms. The molecule has 0 aliphatic heterocycles. The molecule has 5 nitrogen and oxygen atoms in total. The number of fused-ring (bicyclic) bond motifs is 1. The highest BCUT2D eigenvalue weighted by atomic mass is 35.5. The van der Waals surface area contributed by atoms with Crippen LogP contribution < -0.4 is 0 Å². The normalized spacial score (nSPS) is 11.1. The second-order valence-electron chi connectivity index (χ2n) is 3.93. The van der Waals surface area contributed by atoms with Gasteiger partial charge in [0.15, 0.2) is 0 Å². The summed E-state index contributed by atoms with van der Waals surface area (Å²) >= 11 is 6.02. The minimum Gasteiger partial charge on any atom is -0.392 e. The first-order chi connectivity index (χ1) is 9.19. The van der Waals surface area contributed by atoms with Crippen molar-refractivity contribution in [1.29, 1.82) is 0 Å². The minimum absolute atomic E-state index is 0.136. The van der Waals surface area contributed by atoms with Gasteiger partial charge in [-0.15, -0.1) is 0 Å². The van der Waals surface area contributed by atoms with Crippen molar-refractivity contribution < 1.29 is 9.50 Å². The summed E-state index contributed by atoms with van der Waals surface area (Å²) in [5.74, 6) is -0.453. The second-order valence-corrected chi connectivity index (χ2v) is 4.27. The molecule has 0 aromatic carbocycles. The van der Waals surface area contributed by atoms with Crippen LogP contribution in [-0.2, 0) is 6.61 Å². The van der Waals surface area contributed by atoms with Crippen molar-refractivity contribution >= 4 is 17.1 Å². The van der Waals surface area contributed by atoms with Crippen LogP contribution in [0.3, 0.4) is 0 Å². The van der Waals surface area contributed by atoms with Crippen molar-refractivity contribution in [2.24, 2.45) is 0 Å². The summed E-state index contributed by atoms with van der Waals surface area (Å²) in [5.41, 5.74) is 2.23. The summed E-state index contributed by atoms with van der Waals surface area (Å²) < 4.78 is 14.6. The van der Waals surface area contributed by atoms with Gasteiger partial charge in [0.25, 0.3) is 0 Å². The average molecular weight is 279 g/mol. The van der Waals surface area contributed by atoms with Gasteiger partial charge in [-0.25, -0.2) is 13.9 Å². The highest BCUT2D eigenvalue weighted by Gasteiger charge is 2.11. The quantitative estimate of drug-likeness (QED) is 0.729. The second kappa shape index (κ2) is 4.56. The highest BCUT2D eigenvalue weighted by Crippen LogP contribution is 2.23. The summed E-state index contributed by atoms with van der Waals surface area (Å²) in [5, 5.41) is 13.4. The lowest BCUT2D eigenvalue weighted by atomic mass is 10.2. The Bertz CT molecular complexity index is 759. The van der Waals surface area contributed by atoms with E-state index in [0.29, 0.717) is 22.3 Å². The number of hydrogen-bond donors (Lipinski definition) is 1. The van der Waals surface area contributed by atoms with Crippen LogP contribution in [0.2, 0.25) is 5.28 Å². The number of aliphatic hydroxyl groups is 1. The average Bonchev–Trinajstić information content (AvgIpc) is 2.82. The number of pyridine rings is 1. The van der Waals surface area contributed by atoms with E-state index in [4.69, 9.17) is 11.6 Å². The lowest BCUT2D eigenvalue weighted by Crippen LogP contribution is -1.96. The van der Waals surface area contributed by atoms with E-state index in [1.54, 1.807) is 6.07 Å². The molecule has 0 bridgehead atoms. The van der Waals surface area contributed by atoms with Crippen LogP contribution in [0.25, 0.3) is 16.8 Å². The van der Waals surface area contributed by atoms with Gasteiger partial charge in [-0.1, -0.05) is 0 Å². The van der Waals surface area contributed by atoms with Crippen LogP contribution in [0.1, 0.15) is 5.56 Å². The van der Waals surface area contributed by atoms with Gasteiger partial charge in [-0.05, 0) is 23.7 Å². The summed E-state index contributed by atoms with van der Waals surface area (Å²) in [7, 11) is 0. The van der Waals surface area contributed by atoms with Gasteiger partial charge in [0.05, 0.1) is 30.2 Å². The molecular weight excluding hydrogens is 271 g/mol. The maximum Gasteiger partial charge on any atom is 0.224 e. The van der Waals surface area contributed by atoms with Gasteiger partial charge < -0.3 is 5.11 Å². The molecule has 0 aliphatic rings. The molecule has 3 rings (SSSR count). The van der Waals surface area contributed by atoms with E-state index in [2.05, 4.69) is 15.1 Å². The highest BCUT2D eigenvalue weighted by molar-refractivity contribution is 6.28. The molecule has 0 saturated heterocycles. The molecule has 0 unspecified atom stereocenters. The van der Waals surface area contributed by atoms with Gasteiger partial charge in [0.2, 0.25) is 5.28 Å². The number of aliphatic hydroxyl groups excluding tert-OH is 1. The van der Waals surface area contributed by atoms with Crippen LogP contribution in [0.4, 0.5) is 4.39 Å². The Hall–Kier alpha value is -2.05. The number of rotatable bonds is 2. The van der Waals surface area contributed by atoms with Crippen molar-refractivity contribution in [3.05, 3.63) is 47.4 Å². The molecule has 0 atom stereocenters. The van der Waals surface area contributed by atoms with E-state index in [0.717, 1.165) is 6.20 Å². The lowest BCUT2D eigenvalue weighted by molar-refractivity contribution is 0.283. The third-order valence-electron chi connectivity index (χ3n) is 2.72. The lowest BCUT2D eigenvalue weighted by Gasteiger charge is -2.04. The predicted molar refractivity (Wildman–Crippen MR) is 67.1 cm³/mol. The fourth-order valence-electron chi connectivity index (χ4n) is 1.82. The zero-order valence-corrected chi connectivity index (χ0v) is 10.3. The van der Waals surface area contributed by atoms with Crippen LogP contribution in [-0.4, -0.2) is 24.7 Å². The Morgan fingerprint density at radius 2 is 2.11 bits per heavy atom. The van der Waals surface area contributed by atoms with Crippen LogP contribution in [0.5, 0.6) is 0 Å². The van der Waals surface area contributed by atoms with Crippen molar-refractivity contribution in [2.75, 3.05) is 0 Å². The number of halogens is 2. The van der Waals surface area contributed by atoms with E-state index in [1.807, 2.05) is 0 Å². The third-order valence-corrected chi connectivity index (χ3v) is 2.96. The molecule has 0 radical (unpaired) electrons. The van der Waals surface area contributed by atoms with Gasteiger partial charge >= 0.3 is 0 Å². The Balaban J connectivity index is 2.25. The standard InChI is InChI=1S/C12H8ClFN4O/c13-12-17-10(7-1-9(14)5-15-3-7)2-11-8(6-19)4-16-18(11)12/h1-5,19H,6H2. The minimum atomic E-state index is -0.453. The van der Waals surface area contributed by atoms with Crippen LogP contribution in [0, 0.1) is 5.82 Å². The number of aromatic nitrogens is 4. The van der Waals surface area contributed by atoms with E-state index in [9.17, 15) is 9.50 Å². The first-order valence-corrected chi connectivity index (χ1v) is 5.82. The van der Waals surface area contributed by atoms with Crippen molar-refractivity contribution in [3.63, 3.8) is 0 Å². The summed E-state index contributed by atoms with van der Waals surface area (Å²) in [6.07, 6.45) is 4.12. The Labute approximate surface area is 112 Å². The fraction of sp³-hybridized carbons (Fsp3) is 0.0833. The Morgan fingerprint density at radius 3 is 2.84 bits per heavy atom. The van der Waals surface area contributed by atoms with Crippen molar-refractivity contribution in [3.8, 4) is 11.3 Å². The molecule has 1 N–H and O–H groups in total. The monoisotopic (exact) mass is 278 g/mol. The number of nitrogens with zero attached hydrogens (tertiary/aromatic N) is 4. The molecular formula is C12H8ClFN4O. The zero-order valence-electron chi connectivity index (χ0n) is 9.59. The smallest absolute Gasteiger partial charge is 0.224 e. The molecule has 3 aromatic rings. The Morgan fingerprint density at radius 1 is 1.26 bits per heavy atom. The van der Waals surface area contributed by atoms with Gasteiger partial charge in [0.1, 0.15) is 5.82 Å². The maximum atomic E-state index is 13.2. The molecule has 0 fully saturated rings. The van der Waals surface area contributed by atoms with Gasteiger partial charge in [0, 0.05) is 17.3 Å². The largest absolute Gasteiger partial charge is 0.392 e. The molecule has 0 amide bonds. The third kappa shape index (κ3) is 2.05. The van der Waals surface area contributed by atoms with E-state index >= 15 is 0 Å². The van der Waals surface area contributed by atoms with Crippen molar-refractivity contribution in [2.45, 2.75) is 6.61 Å². The SMILES string of the molecule is OCc1cnn2c(Cl)nc(-c3cncc(F)c3)cc12. The Kier molecular flexibility index (Phi) is 2.88. The first-order valence-electron chi connectivity index (χ1n) is 5.44. The fourth-order valence-corrected chi connectivity index (χ4v) is 2.05. The molecule has 3 aromatic heterocycles. The molecule has 3 heterocycles. The van der Waals surface area contributed by atoms with Crippen molar-refractivity contribution in [1.82, 2.24) is 19.6 Å². The molecule has 19 heavy (non-hydrogen) atoms. The molecule has 0 saturated carbocycles. The maximum absolute atomic E-state index is 13.2. The summed E-state index contributed by atoms with van der Waals surface area (Å²) in [4.78, 5) is 7.91. The summed E-state index contributed by atoms with van der Waals surface area (Å²) in [6.45, 7) is -0.162. The van der Waals surface area contributed by atoms with Gasteiger partial charge in [-0.2, -0.15) is 5.10 Å². The van der Waals surface area contributed by atoms with E-state index in [-0.39, 0.29) is 11.9 Å². The molecule has 7 heteroatoms. The first kappa shape index (κ1) is 12.0. The van der Waals surface area contributed by atoms with Crippen LogP contribution >= 0.6 is 11.6 Å². The van der Waals surface area contributed by atoms with Gasteiger partial charge in [-0.3, -0.25) is 4.98 Å². The topological polar surface area (TPSA) is 63.3 Å². The molecule has 96 valence electrons. The predicted octanol–water partition coefficient (Wildman–Crippen LogP) is 2.08. The van der Waals surface area contributed by atoms with E-state index in [1.165, 1.54) is 23.0 Å². The summed E-state index contributed by atoms with van der Waals surface area (Å²) in [6, 6.07) is 3.00. The van der Waals surface area contributed by atoms with E-state index < -0.39 is 5.82 Å².